The molecule has 0 spiro atoms. The third kappa shape index (κ3) is 5.07. The van der Waals surface area contributed by atoms with E-state index in [0.717, 1.165) is 5.56 Å². The Morgan fingerprint density at radius 3 is 2.70 bits per heavy atom. The van der Waals surface area contributed by atoms with Crippen molar-refractivity contribution in [2.75, 3.05) is 5.75 Å². The molecular weight excluding hydrogens is 317 g/mol. The van der Waals surface area contributed by atoms with Crippen LogP contribution in [0.2, 0.25) is 0 Å². The maximum Gasteiger partial charge on any atom is 0.230 e. The second kappa shape index (κ2) is 8.12. The van der Waals surface area contributed by atoms with Crippen LogP contribution < -0.4 is 5.32 Å². The summed E-state index contributed by atoms with van der Waals surface area (Å²) in [6.07, 6.45) is 1.59. The van der Waals surface area contributed by atoms with Gasteiger partial charge >= 0.3 is 0 Å². The molecule has 2 aromatic rings. The Kier molecular flexibility index (Phi) is 6.18. The van der Waals surface area contributed by atoms with E-state index >= 15 is 0 Å². The molecule has 0 aliphatic heterocycles. The Hall–Kier alpha value is -1.86. The van der Waals surface area contributed by atoms with Gasteiger partial charge in [0, 0.05) is 12.6 Å². The van der Waals surface area contributed by atoms with Crippen molar-refractivity contribution in [3.63, 3.8) is 0 Å². The zero-order chi connectivity index (χ0) is 16.8. The summed E-state index contributed by atoms with van der Waals surface area (Å²) in [4.78, 5) is 16.0. The SMILES string of the molecule is CC(C)NC(=O)CSc1ncc(CO)n1Cc1ccc(F)cc1. The number of hydrogen-bond donors (Lipinski definition) is 2. The molecule has 0 saturated carbocycles. The zero-order valence-corrected chi connectivity index (χ0v) is 13.9. The van der Waals surface area contributed by atoms with Crippen LogP contribution in [0.4, 0.5) is 4.39 Å². The number of nitrogens with zero attached hydrogens (tertiary/aromatic N) is 2. The van der Waals surface area contributed by atoms with Crippen LogP contribution in [0.25, 0.3) is 0 Å². The minimum atomic E-state index is -0.290. The number of carbonyl (C=O) groups excluding carboxylic acids is 1. The zero-order valence-electron chi connectivity index (χ0n) is 13.1. The maximum atomic E-state index is 13.0. The Morgan fingerprint density at radius 1 is 1.39 bits per heavy atom. The van der Waals surface area contributed by atoms with Gasteiger partial charge in [0.05, 0.1) is 24.3 Å². The number of aromatic nitrogens is 2. The number of amides is 1. The van der Waals surface area contributed by atoms with E-state index in [1.807, 2.05) is 18.4 Å². The molecule has 0 atom stereocenters. The minimum Gasteiger partial charge on any atom is -0.390 e. The summed E-state index contributed by atoms with van der Waals surface area (Å²) < 4.78 is 14.8. The molecule has 1 amide bonds. The molecule has 5 nitrogen and oxygen atoms in total. The highest BCUT2D eigenvalue weighted by molar-refractivity contribution is 7.99. The molecule has 23 heavy (non-hydrogen) atoms. The van der Waals surface area contributed by atoms with E-state index in [1.165, 1.54) is 23.9 Å². The number of benzene rings is 1. The van der Waals surface area contributed by atoms with Gasteiger partial charge in [-0.3, -0.25) is 4.79 Å². The monoisotopic (exact) mass is 337 g/mol. The van der Waals surface area contributed by atoms with Crippen molar-refractivity contribution < 1.29 is 14.3 Å². The molecule has 2 rings (SSSR count). The molecule has 0 aliphatic carbocycles. The quantitative estimate of drug-likeness (QED) is 0.760. The van der Waals surface area contributed by atoms with Crippen LogP contribution in [-0.2, 0) is 17.9 Å². The van der Waals surface area contributed by atoms with Crippen molar-refractivity contribution in [2.45, 2.75) is 38.2 Å². The van der Waals surface area contributed by atoms with Crippen LogP contribution in [0.15, 0.2) is 35.6 Å². The first kappa shape index (κ1) is 17.5. The molecule has 1 aromatic carbocycles. The Balaban J connectivity index is 2.10. The third-order valence-electron chi connectivity index (χ3n) is 3.10. The molecular formula is C16H20FN3O2S. The molecule has 7 heteroatoms. The predicted octanol–water partition coefficient (Wildman–Crippen LogP) is 2.18. The fourth-order valence-electron chi connectivity index (χ4n) is 2.07. The Morgan fingerprint density at radius 2 is 2.09 bits per heavy atom. The van der Waals surface area contributed by atoms with Crippen LogP contribution >= 0.6 is 11.8 Å². The lowest BCUT2D eigenvalue weighted by Gasteiger charge is -2.11. The van der Waals surface area contributed by atoms with Gasteiger partial charge in [-0.1, -0.05) is 23.9 Å². The number of aliphatic hydroxyl groups is 1. The highest BCUT2D eigenvalue weighted by Crippen LogP contribution is 2.20. The molecule has 0 radical (unpaired) electrons. The van der Waals surface area contributed by atoms with Gasteiger partial charge in [-0.05, 0) is 31.5 Å². The van der Waals surface area contributed by atoms with E-state index in [2.05, 4.69) is 10.3 Å². The van der Waals surface area contributed by atoms with Crippen molar-refractivity contribution in [1.29, 1.82) is 0 Å². The average Bonchev–Trinajstić information content (AvgIpc) is 2.89. The molecule has 1 heterocycles. The number of imidazole rings is 1. The summed E-state index contributed by atoms with van der Waals surface area (Å²) in [6.45, 7) is 4.13. The molecule has 0 unspecified atom stereocenters. The summed E-state index contributed by atoms with van der Waals surface area (Å²) in [6, 6.07) is 6.27. The standard InChI is InChI=1S/C16H20FN3O2S/c1-11(2)19-15(22)10-23-16-18-7-14(9-21)20(16)8-12-3-5-13(17)6-4-12/h3-7,11,21H,8-10H2,1-2H3,(H,19,22). The number of halogens is 1. The number of nitrogens with one attached hydrogen (secondary N) is 1. The van der Waals surface area contributed by atoms with Crippen LogP contribution in [0.3, 0.4) is 0 Å². The highest BCUT2D eigenvalue weighted by Gasteiger charge is 2.13. The molecule has 2 N–H and O–H groups in total. The summed E-state index contributed by atoms with van der Waals surface area (Å²) in [7, 11) is 0. The van der Waals surface area contributed by atoms with Gasteiger partial charge in [-0.15, -0.1) is 0 Å². The maximum absolute atomic E-state index is 13.0. The van der Waals surface area contributed by atoms with Crippen LogP contribution in [0, 0.1) is 5.82 Å². The van der Waals surface area contributed by atoms with Gasteiger partial charge < -0.3 is 15.0 Å². The number of aliphatic hydroxyl groups excluding tert-OH is 1. The van der Waals surface area contributed by atoms with Crippen molar-refractivity contribution >= 4 is 17.7 Å². The van der Waals surface area contributed by atoms with Gasteiger partial charge in [-0.25, -0.2) is 9.37 Å². The smallest absolute Gasteiger partial charge is 0.230 e. The van der Waals surface area contributed by atoms with Crippen molar-refractivity contribution in [3.05, 3.63) is 47.5 Å². The predicted molar refractivity (Wildman–Crippen MR) is 87.7 cm³/mol. The van der Waals surface area contributed by atoms with Gasteiger partial charge in [0.2, 0.25) is 5.91 Å². The van der Waals surface area contributed by atoms with E-state index in [1.54, 1.807) is 18.3 Å². The second-order valence-electron chi connectivity index (χ2n) is 5.41. The van der Waals surface area contributed by atoms with E-state index in [-0.39, 0.29) is 30.1 Å². The van der Waals surface area contributed by atoms with Crippen molar-refractivity contribution in [2.24, 2.45) is 0 Å². The Bertz CT molecular complexity index is 656. The van der Waals surface area contributed by atoms with E-state index in [4.69, 9.17) is 0 Å². The first-order chi connectivity index (χ1) is 11.0. The summed E-state index contributed by atoms with van der Waals surface area (Å²) in [5, 5.41) is 12.9. The molecule has 1 aromatic heterocycles. The number of hydrogen-bond acceptors (Lipinski definition) is 4. The molecule has 0 bridgehead atoms. The highest BCUT2D eigenvalue weighted by atomic mass is 32.2. The topological polar surface area (TPSA) is 67.2 Å². The fourth-order valence-corrected chi connectivity index (χ4v) is 2.88. The van der Waals surface area contributed by atoms with Crippen LogP contribution in [-0.4, -0.2) is 32.4 Å². The van der Waals surface area contributed by atoms with Gasteiger partial charge in [0.25, 0.3) is 0 Å². The summed E-state index contributed by atoms with van der Waals surface area (Å²) in [5.74, 6) is -0.0997. The number of thioether (sulfide) groups is 1. The molecule has 0 aliphatic rings. The fraction of sp³-hybridized carbons (Fsp3) is 0.375. The lowest BCUT2D eigenvalue weighted by atomic mass is 10.2. The normalized spacial score (nSPS) is 11.0. The van der Waals surface area contributed by atoms with E-state index in [9.17, 15) is 14.3 Å². The van der Waals surface area contributed by atoms with E-state index < -0.39 is 0 Å². The second-order valence-corrected chi connectivity index (χ2v) is 6.36. The van der Waals surface area contributed by atoms with Gasteiger partial charge in [0.1, 0.15) is 5.82 Å². The summed E-state index contributed by atoms with van der Waals surface area (Å²) in [5.41, 5.74) is 1.55. The minimum absolute atomic E-state index is 0.0631. The first-order valence-corrected chi connectivity index (χ1v) is 8.30. The lowest BCUT2D eigenvalue weighted by Crippen LogP contribution is -2.31. The van der Waals surface area contributed by atoms with Crippen molar-refractivity contribution in [1.82, 2.24) is 14.9 Å². The van der Waals surface area contributed by atoms with Crippen LogP contribution in [0.1, 0.15) is 25.1 Å². The van der Waals surface area contributed by atoms with Gasteiger partial charge in [-0.2, -0.15) is 0 Å². The average molecular weight is 337 g/mol. The number of rotatable bonds is 7. The van der Waals surface area contributed by atoms with Crippen LogP contribution in [0.5, 0.6) is 0 Å². The molecule has 0 saturated heterocycles. The Labute approximate surface area is 138 Å². The number of carbonyl (C=O) groups is 1. The van der Waals surface area contributed by atoms with E-state index in [0.29, 0.717) is 17.4 Å². The largest absolute Gasteiger partial charge is 0.390 e. The molecule has 0 fully saturated rings. The lowest BCUT2D eigenvalue weighted by molar-refractivity contribution is -0.119. The van der Waals surface area contributed by atoms with Crippen molar-refractivity contribution in [3.8, 4) is 0 Å². The summed E-state index contributed by atoms with van der Waals surface area (Å²) >= 11 is 1.31. The molecule has 124 valence electrons. The third-order valence-corrected chi connectivity index (χ3v) is 4.09. The first-order valence-electron chi connectivity index (χ1n) is 7.31. The van der Waals surface area contributed by atoms with Gasteiger partial charge in [0.15, 0.2) is 5.16 Å².